The highest BCUT2D eigenvalue weighted by atomic mass is 19.1. The highest BCUT2D eigenvalue weighted by Crippen LogP contribution is 2.50. The van der Waals surface area contributed by atoms with Crippen molar-refractivity contribution >= 4 is 110 Å². The zero-order valence-electron chi connectivity index (χ0n) is 35.5. The Bertz CT molecular complexity index is 3490. The number of anilines is 6. The Hall–Kier alpha value is -7.70. The molecule has 0 N–H and O–H groups in total. The second-order valence-corrected chi connectivity index (χ2v) is 16.8. The summed E-state index contributed by atoms with van der Waals surface area (Å²) < 4.78 is 43.1. The molecule has 0 saturated heterocycles. The third kappa shape index (κ3) is 5.86. The number of furan rings is 2. The fourth-order valence-electron chi connectivity index (χ4n) is 10.2. The summed E-state index contributed by atoms with van der Waals surface area (Å²) in [4.78, 5) is 4.41. The van der Waals surface area contributed by atoms with Gasteiger partial charge in [-0.1, -0.05) is 124 Å². The molecule has 0 bridgehead atoms. The van der Waals surface area contributed by atoms with Gasteiger partial charge in [0.05, 0.1) is 22.7 Å². The first-order chi connectivity index (χ1) is 31.5. The van der Waals surface area contributed by atoms with Crippen LogP contribution in [0.2, 0.25) is 0 Å². The zero-order valence-corrected chi connectivity index (χ0v) is 35.5. The van der Waals surface area contributed by atoms with E-state index < -0.39 is 0 Å². The molecule has 0 fully saturated rings. The van der Waals surface area contributed by atoms with E-state index in [1.54, 1.807) is 0 Å². The lowest BCUT2D eigenvalue weighted by molar-refractivity contribution is 0.627. The number of hydrogen-bond donors (Lipinski definition) is 0. The van der Waals surface area contributed by atoms with Crippen molar-refractivity contribution < 1.29 is 17.6 Å². The molecule has 12 rings (SSSR count). The fourth-order valence-corrected chi connectivity index (χ4v) is 10.2. The van der Waals surface area contributed by atoms with Crippen LogP contribution in [0.15, 0.2) is 179 Å². The van der Waals surface area contributed by atoms with Crippen LogP contribution in [0, 0.1) is 11.6 Å². The molecule has 12 aromatic rings. The molecule has 6 heteroatoms. The number of hydrogen-bond acceptors (Lipinski definition) is 4. The van der Waals surface area contributed by atoms with Gasteiger partial charge in [-0.15, -0.1) is 0 Å². The van der Waals surface area contributed by atoms with Gasteiger partial charge in [-0.2, -0.15) is 0 Å². The largest absolute Gasteiger partial charge is 0.454 e. The summed E-state index contributed by atoms with van der Waals surface area (Å²) in [6.07, 6.45) is 3.84. The van der Waals surface area contributed by atoms with Gasteiger partial charge < -0.3 is 18.6 Å². The summed E-state index contributed by atoms with van der Waals surface area (Å²) in [6.45, 7) is 4.37. The van der Waals surface area contributed by atoms with Crippen LogP contribution in [0.5, 0.6) is 0 Å². The number of fused-ring (bicyclic) bond motifs is 6. The van der Waals surface area contributed by atoms with Crippen LogP contribution in [-0.4, -0.2) is 0 Å². The van der Waals surface area contributed by atoms with Crippen LogP contribution in [0.1, 0.15) is 37.8 Å². The summed E-state index contributed by atoms with van der Waals surface area (Å²) in [5.74, 6) is -0.605. The van der Waals surface area contributed by atoms with Gasteiger partial charge in [0, 0.05) is 43.7 Å². The molecule has 4 nitrogen and oxygen atoms in total. The number of benzene rings is 10. The van der Waals surface area contributed by atoms with E-state index in [2.05, 4.69) is 145 Å². The number of para-hydroxylation sites is 4. The third-order valence-corrected chi connectivity index (χ3v) is 13.0. The van der Waals surface area contributed by atoms with Crippen molar-refractivity contribution in [3.63, 3.8) is 0 Å². The average molecular weight is 837 g/mol. The Labute approximate surface area is 368 Å². The first-order valence-corrected chi connectivity index (χ1v) is 22.2. The molecular weight excluding hydrogens is 795 g/mol. The van der Waals surface area contributed by atoms with Crippen LogP contribution < -0.4 is 9.80 Å². The van der Waals surface area contributed by atoms with E-state index >= 15 is 0 Å². The highest BCUT2D eigenvalue weighted by Gasteiger charge is 2.26. The third-order valence-electron chi connectivity index (χ3n) is 13.0. The van der Waals surface area contributed by atoms with E-state index in [9.17, 15) is 8.78 Å². The molecule has 0 unspecified atom stereocenters. The zero-order chi connectivity index (χ0) is 43.1. The van der Waals surface area contributed by atoms with Gasteiger partial charge in [0.2, 0.25) is 0 Å². The Morgan fingerprint density at radius 3 is 1.14 bits per heavy atom. The number of nitrogens with zero attached hydrogens (tertiary/aromatic N) is 2. The lowest BCUT2D eigenvalue weighted by Gasteiger charge is -2.29. The molecule has 0 aliphatic carbocycles. The van der Waals surface area contributed by atoms with Gasteiger partial charge in [0.15, 0.2) is 11.2 Å². The van der Waals surface area contributed by atoms with Crippen molar-refractivity contribution in [1.82, 2.24) is 0 Å². The van der Waals surface area contributed by atoms with Crippen molar-refractivity contribution in [2.75, 3.05) is 9.80 Å². The summed E-state index contributed by atoms with van der Waals surface area (Å²) in [7, 11) is 0. The first-order valence-electron chi connectivity index (χ1n) is 22.2. The Kier molecular flexibility index (Phi) is 8.90. The van der Waals surface area contributed by atoms with Gasteiger partial charge >= 0.3 is 0 Å². The maximum absolute atomic E-state index is 14.7. The molecule has 64 heavy (non-hydrogen) atoms. The molecule has 0 aliphatic heterocycles. The quantitative estimate of drug-likeness (QED) is 0.129. The predicted molar refractivity (Wildman–Crippen MR) is 262 cm³/mol. The van der Waals surface area contributed by atoms with Crippen molar-refractivity contribution in [3.8, 4) is 0 Å². The van der Waals surface area contributed by atoms with Crippen molar-refractivity contribution in [3.05, 3.63) is 193 Å². The number of rotatable bonds is 10. The molecule has 0 atom stereocenters. The SMILES string of the molecule is CCCc1cccc2c1oc1c(N(c3ccc(F)cc3)c3ccc4ccc5c(N(c6ccc(F)cc6)c6cccc7c6oc6c(CCC)cccc67)ccc6ccc3c4c65)cccc12. The fraction of sp³-hybridized carbons (Fsp3) is 0.103. The Morgan fingerprint density at radius 1 is 0.359 bits per heavy atom. The van der Waals surface area contributed by atoms with Gasteiger partial charge in [-0.25, -0.2) is 8.78 Å². The first kappa shape index (κ1) is 38.0. The van der Waals surface area contributed by atoms with E-state index in [1.165, 1.54) is 35.4 Å². The van der Waals surface area contributed by atoms with Gasteiger partial charge in [0.1, 0.15) is 22.8 Å². The minimum Gasteiger partial charge on any atom is -0.454 e. The van der Waals surface area contributed by atoms with Crippen LogP contribution in [0.4, 0.5) is 42.9 Å². The standard InChI is InChI=1S/C58H42F2N2O2/c1-3-9-37-11-5-13-43-45-15-7-17-51(57(45)63-55(37)43)61(41-27-23-39(59)24-28-41)49-33-21-35-20-32-48-50(34-22-36-19-31-47(49)53(35)54(36)48)62(42-29-25-40(60)26-30-42)52-18-8-16-46-44-14-6-12-38(10-4-2)56(44)64-58(46)52/h5-8,11-34H,3-4,9-10H2,1-2H3. The molecular formula is C58H42F2N2O2. The van der Waals surface area contributed by atoms with E-state index in [0.717, 1.165) is 136 Å². The van der Waals surface area contributed by atoms with Gasteiger partial charge in [-0.05, 0) is 118 Å². The van der Waals surface area contributed by atoms with Crippen LogP contribution in [0.3, 0.4) is 0 Å². The van der Waals surface area contributed by atoms with Crippen molar-refractivity contribution in [1.29, 1.82) is 0 Å². The van der Waals surface area contributed by atoms with E-state index in [0.29, 0.717) is 0 Å². The van der Waals surface area contributed by atoms with E-state index in [-0.39, 0.29) is 11.6 Å². The van der Waals surface area contributed by atoms with Gasteiger partial charge in [0.25, 0.3) is 0 Å². The summed E-state index contributed by atoms with van der Waals surface area (Å²) in [5, 5.41) is 10.7. The second kappa shape index (κ2) is 15.0. The minimum absolute atomic E-state index is 0.303. The van der Waals surface area contributed by atoms with Gasteiger partial charge in [-0.3, -0.25) is 0 Å². The maximum Gasteiger partial charge on any atom is 0.159 e. The summed E-state index contributed by atoms with van der Waals surface area (Å²) in [5.41, 5.74) is 10.9. The molecule has 0 amide bonds. The highest BCUT2D eigenvalue weighted by molar-refractivity contribution is 6.28. The normalized spacial score (nSPS) is 12.0. The summed E-state index contributed by atoms with van der Waals surface area (Å²) in [6, 6.07) is 56.2. The van der Waals surface area contributed by atoms with E-state index in [1.807, 2.05) is 24.3 Å². The van der Waals surface area contributed by atoms with Crippen LogP contribution in [0.25, 0.3) is 76.2 Å². The summed E-state index contributed by atoms with van der Waals surface area (Å²) >= 11 is 0. The second-order valence-electron chi connectivity index (χ2n) is 16.8. The van der Waals surface area contributed by atoms with Crippen molar-refractivity contribution in [2.45, 2.75) is 39.5 Å². The lowest BCUT2D eigenvalue weighted by atomic mass is 9.91. The molecule has 0 saturated carbocycles. The minimum atomic E-state index is -0.303. The number of aryl methyl sites for hydroxylation is 2. The van der Waals surface area contributed by atoms with Crippen LogP contribution >= 0.6 is 0 Å². The maximum atomic E-state index is 14.7. The topological polar surface area (TPSA) is 32.8 Å². The lowest BCUT2D eigenvalue weighted by Crippen LogP contribution is -2.12. The molecule has 0 aliphatic rings. The molecule has 0 spiro atoms. The molecule has 0 radical (unpaired) electrons. The Balaban J connectivity index is 1.11. The van der Waals surface area contributed by atoms with Crippen molar-refractivity contribution in [2.24, 2.45) is 0 Å². The van der Waals surface area contributed by atoms with E-state index in [4.69, 9.17) is 8.83 Å². The molecule has 2 heterocycles. The monoisotopic (exact) mass is 836 g/mol. The molecule has 310 valence electrons. The average Bonchev–Trinajstić information content (AvgIpc) is 3.91. The smallest absolute Gasteiger partial charge is 0.159 e. The molecule has 10 aromatic carbocycles. The number of halogens is 2. The van der Waals surface area contributed by atoms with Crippen LogP contribution in [-0.2, 0) is 12.8 Å². The predicted octanol–water partition coefficient (Wildman–Crippen LogP) is 17.5. The Morgan fingerprint density at radius 2 is 0.734 bits per heavy atom. The molecule has 2 aromatic heterocycles.